The molecule has 1 aromatic heterocycles. The molecule has 0 aliphatic carbocycles. The van der Waals surface area contributed by atoms with E-state index in [9.17, 15) is 32.3 Å². The molecule has 3 heterocycles. The number of hydrogen-bond donors (Lipinski definition) is 2. The van der Waals surface area contributed by atoms with Gasteiger partial charge in [-0.3, -0.25) is 19.1 Å². The van der Waals surface area contributed by atoms with Crippen molar-refractivity contribution in [3.8, 4) is 16.9 Å². The lowest BCUT2D eigenvalue weighted by molar-refractivity contribution is -0.138. The highest BCUT2D eigenvalue weighted by molar-refractivity contribution is 6.31. The summed E-state index contributed by atoms with van der Waals surface area (Å²) < 4.78 is 79.2. The molecule has 7 nitrogen and oxygen atoms in total. The molecule has 0 spiro atoms. The largest absolute Gasteiger partial charge is 0.488 e. The normalized spacial score (nSPS) is 18.5. The first kappa shape index (κ1) is 35.6. The summed E-state index contributed by atoms with van der Waals surface area (Å²) in [5, 5.41) is 12.9. The first-order valence-corrected chi connectivity index (χ1v) is 16.5. The Morgan fingerprint density at radius 2 is 1.78 bits per heavy atom. The van der Waals surface area contributed by atoms with Crippen LogP contribution in [0.25, 0.3) is 11.1 Å². The number of carbonyl (C=O) groups excluding carboxylic acids is 1. The lowest BCUT2D eigenvalue weighted by Crippen LogP contribution is -2.49. The molecule has 0 radical (unpaired) electrons. The van der Waals surface area contributed by atoms with Crippen molar-refractivity contribution in [1.82, 2.24) is 14.8 Å². The van der Waals surface area contributed by atoms with Crippen molar-refractivity contribution in [2.45, 2.75) is 57.7 Å². The first-order valence-electron chi connectivity index (χ1n) is 16.2. The van der Waals surface area contributed by atoms with Crippen LogP contribution >= 0.6 is 11.6 Å². The van der Waals surface area contributed by atoms with Crippen LogP contribution in [0.15, 0.2) is 65.6 Å². The number of likely N-dealkylation sites (tertiary alicyclic amines) is 1. The van der Waals surface area contributed by atoms with Crippen molar-refractivity contribution in [2.24, 2.45) is 0 Å². The summed E-state index contributed by atoms with van der Waals surface area (Å²) in [6, 6.07) is 11.2. The number of nitrogens with one attached hydrogen (secondary N) is 1. The Labute approximate surface area is 290 Å². The molecule has 264 valence electrons. The molecule has 2 atom stereocenters. The topological polar surface area (TPSA) is 83.8 Å². The second-order valence-electron chi connectivity index (χ2n) is 12.8. The monoisotopic (exact) mass is 715 g/mol. The van der Waals surface area contributed by atoms with E-state index in [1.165, 1.54) is 6.07 Å². The van der Waals surface area contributed by atoms with E-state index in [0.717, 1.165) is 16.3 Å². The Bertz CT molecular complexity index is 1990. The highest BCUT2D eigenvalue weighted by Gasteiger charge is 2.37. The standard InChI is InChI=1S/C37H35ClF5N3O4/c1-20-4-3-5-31-33(20)24-12-21(2)34(40)27(14-24)30(9-11-47)44-36(49)35(26-13-22(19-50-31)6-7-29(26)38)46-16-23(8-10-45-17-25(39)18-45)28(15-32(46)48)37(41,42)43/h3-7,12-16,25,30,35,47H,8-11,17-19H2,1-2H3,(H,44,49)/t30-,35+/m1/s1. The number of carbonyl (C=O) groups is 1. The molecule has 4 aromatic rings. The minimum Gasteiger partial charge on any atom is -0.488 e. The molecule has 1 fully saturated rings. The minimum atomic E-state index is -4.88. The van der Waals surface area contributed by atoms with Gasteiger partial charge in [0.25, 0.3) is 5.56 Å². The molecule has 1 saturated heterocycles. The number of aryl methyl sites for hydroxylation is 2. The number of hydrogen-bond acceptors (Lipinski definition) is 5. The predicted octanol–water partition coefficient (Wildman–Crippen LogP) is 6.86. The number of alkyl halides is 4. The van der Waals surface area contributed by atoms with E-state index in [1.54, 1.807) is 42.2 Å². The van der Waals surface area contributed by atoms with Crippen molar-refractivity contribution in [2.75, 3.05) is 26.2 Å². The maximum absolute atomic E-state index is 15.9. The molecule has 2 N–H and O–H groups in total. The van der Waals surface area contributed by atoms with E-state index < -0.39 is 53.9 Å². The van der Waals surface area contributed by atoms with Gasteiger partial charge in [0.1, 0.15) is 30.4 Å². The summed E-state index contributed by atoms with van der Waals surface area (Å²) in [7, 11) is 0. The molecule has 2 aliphatic heterocycles. The number of rotatable bonds is 6. The number of ether oxygens (including phenoxy) is 1. The molecular formula is C37H35ClF5N3O4. The van der Waals surface area contributed by atoms with Gasteiger partial charge in [0.05, 0.1) is 11.6 Å². The van der Waals surface area contributed by atoms with Gasteiger partial charge in [-0.25, -0.2) is 8.78 Å². The van der Waals surface area contributed by atoms with Gasteiger partial charge >= 0.3 is 6.18 Å². The van der Waals surface area contributed by atoms with E-state index in [0.29, 0.717) is 28.5 Å². The van der Waals surface area contributed by atoms with Crippen molar-refractivity contribution in [1.29, 1.82) is 0 Å². The molecule has 6 rings (SSSR count). The Morgan fingerprint density at radius 1 is 1.02 bits per heavy atom. The zero-order valence-electron chi connectivity index (χ0n) is 27.3. The zero-order chi connectivity index (χ0) is 35.9. The maximum Gasteiger partial charge on any atom is 0.416 e. The van der Waals surface area contributed by atoms with Gasteiger partial charge in [-0.1, -0.05) is 29.8 Å². The second-order valence-corrected chi connectivity index (χ2v) is 13.2. The fraction of sp³-hybridized carbons (Fsp3) is 0.351. The van der Waals surface area contributed by atoms with Crippen molar-refractivity contribution >= 4 is 17.5 Å². The highest BCUT2D eigenvalue weighted by atomic mass is 35.5. The summed E-state index contributed by atoms with van der Waals surface area (Å²) in [5.74, 6) is -0.988. The second kappa shape index (κ2) is 14.2. The average molecular weight is 716 g/mol. The summed E-state index contributed by atoms with van der Waals surface area (Å²) in [5.41, 5.74) is 0.589. The Morgan fingerprint density at radius 3 is 2.48 bits per heavy atom. The van der Waals surface area contributed by atoms with E-state index in [4.69, 9.17) is 16.3 Å². The fourth-order valence-electron chi connectivity index (χ4n) is 6.71. The molecular weight excluding hydrogens is 681 g/mol. The van der Waals surface area contributed by atoms with Crippen LogP contribution in [0.3, 0.4) is 0 Å². The number of pyridine rings is 1. The van der Waals surface area contributed by atoms with Crippen LogP contribution in [0, 0.1) is 19.7 Å². The highest BCUT2D eigenvalue weighted by Crippen LogP contribution is 2.39. The van der Waals surface area contributed by atoms with Crippen molar-refractivity contribution in [3.05, 3.63) is 121 Å². The molecule has 0 unspecified atom stereocenters. The van der Waals surface area contributed by atoms with Gasteiger partial charge in [0, 0.05) is 60.2 Å². The van der Waals surface area contributed by atoms with Gasteiger partial charge in [-0.15, -0.1) is 0 Å². The van der Waals surface area contributed by atoms with Gasteiger partial charge in [-0.2, -0.15) is 13.2 Å². The number of aliphatic hydroxyl groups excluding tert-OH is 1. The SMILES string of the molecule is Cc1cc2cc(c1F)[C@@H](CCO)NC(=O)[C@@H](n1cc(CCN3CC(F)C3)c(C(F)(F)F)cc1=O)c1cc(ccc1Cl)COc1cccc(C)c1-2. The van der Waals surface area contributed by atoms with Crippen LogP contribution in [0.2, 0.25) is 5.02 Å². The van der Waals surface area contributed by atoms with E-state index >= 15 is 4.39 Å². The first-order chi connectivity index (χ1) is 23.7. The van der Waals surface area contributed by atoms with Crippen molar-refractivity contribution in [3.63, 3.8) is 0 Å². The molecule has 13 heteroatoms. The van der Waals surface area contributed by atoms with Gasteiger partial charge < -0.3 is 15.2 Å². The number of halogens is 6. The molecule has 50 heavy (non-hydrogen) atoms. The summed E-state index contributed by atoms with van der Waals surface area (Å²) >= 11 is 6.67. The summed E-state index contributed by atoms with van der Waals surface area (Å²) in [6.07, 6.45) is -5.25. The Hall–Kier alpha value is -4.26. The third-order valence-corrected chi connectivity index (χ3v) is 9.61. The van der Waals surface area contributed by atoms with E-state index in [1.807, 2.05) is 19.1 Å². The number of benzene rings is 3. The van der Waals surface area contributed by atoms with Crippen LogP contribution in [0.1, 0.15) is 57.4 Å². The summed E-state index contributed by atoms with van der Waals surface area (Å²) in [4.78, 5) is 29.7. The fourth-order valence-corrected chi connectivity index (χ4v) is 6.93. The minimum absolute atomic E-state index is 0.00626. The molecule has 2 aliphatic rings. The maximum atomic E-state index is 15.9. The van der Waals surface area contributed by atoms with Crippen LogP contribution in [-0.4, -0.2) is 52.9 Å². The van der Waals surface area contributed by atoms with E-state index in [2.05, 4.69) is 5.32 Å². The summed E-state index contributed by atoms with van der Waals surface area (Å²) in [6.45, 7) is 3.28. The molecule has 4 bridgehead atoms. The number of aliphatic hydroxyl groups is 1. The van der Waals surface area contributed by atoms with Crippen LogP contribution in [0.5, 0.6) is 5.75 Å². The van der Waals surface area contributed by atoms with Gasteiger partial charge in [0.2, 0.25) is 5.91 Å². The third kappa shape index (κ3) is 7.15. The Kier molecular flexibility index (Phi) is 10.1. The smallest absolute Gasteiger partial charge is 0.416 e. The zero-order valence-corrected chi connectivity index (χ0v) is 28.0. The number of amides is 1. The van der Waals surface area contributed by atoms with Crippen LogP contribution < -0.4 is 15.6 Å². The molecule has 3 aromatic carbocycles. The Balaban J connectivity index is 1.54. The van der Waals surface area contributed by atoms with Crippen LogP contribution in [0.4, 0.5) is 22.0 Å². The van der Waals surface area contributed by atoms with Crippen molar-refractivity contribution < 1.29 is 36.6 Å². The van der Waals surface area contributed by atoms with Gasteiger partial charge in [-0.05, 0) is 84.8 Å². The van der Waals surface area contributed by atoms with Crippen LogP contribution in [-0.2, 0) is 24.0 Å². The predicted molar refractivity (Wildman–Crippen MR) is 179 cm³/mol. The third-order valence-electron chi connectivity index (χ3n) is 9.27. The number of aromatic nitrogens is 1. The lowest BCUT2D eigenvalue weighted by Gasteiger charge is -2.34. The van der Waals surface area contributed by atoms with Gasteiger partial charge in [0.15, 0.2) is 0 Å². The quantitative estimate of drug-likeness (QED) is 0.213. The lowest BCUT2D eigenvalue weighted by atomic mass is 9.91. The molecule has 1 amide bonds. The number of fused-ring (bicyclic) bond motifs is 6. The van der Waals surface area contributed by atoms with E-state index in [-0.39, 0.29) is 66.4 Å². The molecule has 0 saturated carbocycles. The average Bonchev–Trinajstić information content (AvgIpc) is 3.04. The number of nitrogens with zero attached hydrogens (tertiary/aromatic N) is 2.